The Morgan fingerprint density at radius 3 is 2.80 bits per heavy atom. The second-order valence-electron chi connectivity index (χ2n) is 4.27. The summed E-state index contributed by atoms with van der Waals surface area (Å²) in [6.07, 6.45) is 2.13. The van der Waals surface area contributed by atoms with Gasteiger partial charge in [-0.15, -0.1) is 11.3 Å². The van der Waals surface area contributed by atoms with Crippen LogP contribution in [0, 0.1) is 0 Å². The largest absolute Gasteiger partial charge is 0.459 e. The molecule has 0 radical (unpaired) electrons. The molecule has 1 aromatic rings. The summed E-state index contributed by atoms with van der Waals surface area (Å²) >= 11 is 1.49. The molecule has 0 fully saturated rings. The lowest BCUT2D eigenvalue weighted by atomic mass is 10.1. The summed E-state index contributed by atoms with van der Waals surface area (Å²) in [4.78, 5) is 15.6. The lowest BCUT2D eigenvalue weighted by molar-refractivity contribution is -0.156. The van der Waals surface area contributed by atoms with Crippen LogP contribution in [0.3, 0.4) is 0 Å². The molecule has 0 spiro atoms. The number of hydrogen-bond acceptors (Lipinski definition) is 5. The number of nitrogens with zero attached hydrogens (tertiary/aromatic N) is 1. The van der Waals surface area contributed by atoms with E-state index >= 15 is 0 Å². The van der Waals surface area contributed by atoms with E-state index in [-0.39, 0.29) is 5.97 Å². The first-order chi connectivity index (χ1) is 6.88. The molecule has 15 heavy (non-hydrogen) atoms. The van der Waals surface area contributed by atoms with Crippen LogP contribution in [0.1, 0.15) is 25.8 Å². The van der Waals surface area contributed by atoms with Gasteiger partial charge in [-0.2, -0.15) is 0 Å². The van der Waals surface area contributed by atoms with Crippen molar-refractivity contribution in [1.29, 1.82) is 0 Å². The average Bonchev–Trinajstić information content (AvgIpc) is 2.53. The van der Waals surface area contributed by atoms with E-state index in [1.165, 1.54) is 11.3 Å². The molecular weight excluding hydrogens is 212 g/mol. The average molecular weight is 228 g/mol. The zero-order chi connectivity index (χ0) is 11.5. The van der Waals surface area contributed by atoms with E-state index in [1.807, 2.05) is 26.2 Å². The number of hydrogen-bond donors (Lipinski definition) is 1. The molecule has 1 rings (SSSR count). The molecule has 0 aliphatic heterocycles. The molecule has 1 aromatic heterocycles. The molecule has 2 N–H and O–H groups in total. The van der Waals surface area contributed by atoms with E-state index in [0.717, 1.165) is 5.01 Å². The van der Waals surface area contributed by atoms with Gasteiger partial charge in [0.05, 0.1) is 5.01 Å². The number of carbonyl (C=O) groups excluding carboxylic acids is 1. The first-order valence-corrected chi connectivity index (χ1v) is 5.63. The molecule has 0 aromatic carbocycles. The van der Waals surface area contributed by atoms with Crippen molar-refractivity contribution in [3.63, 3.8) is 0 Å². The van der Waals surface area contributed by atoms with Crippen LogP contribution in [0.25, 0.3) is 0 Å². The molecule has 1 atom stereocenters. The summed E-state index contributed by atoms with van der Waals surface area (Å²) in [6.45, 7) is 5.46. The molecule has 0 saturated carbocycles. The number of esters is 1. The lowest BCUT2D eigenvalue weighted by Gasteiger charge is -2.21. The van der Waals surface area contributed by atoms with Crippen LogP contribution in [0.2, 0.25) is 0 Å². The van der Waals surface area contributed by atoms with Crippen molar-refractivity contribution in [2.45, 2.75) is 38.8 Å². The predicted molar refractivity (Wildman–Crippen MR) is 59.6 cm³/mol. The van der Waals surface area contributed by atoms with Crippen LogP contribution in [-0.4, -0.2) is 22.6 Å². The zero-order valence-electron chi connectivity index (χ0n) is 9.19. The first kappa shape index (κ1) is 12.1. The highest BCUT2D eigenvalue weighted by atomic mass is 32.1. The summed E-state index contributed by atoms with van der Waals surface area (Å²) in [5.41, 5.74) is 5.22. The molecule has 0 amide bonds. The first-order valence-electron chi connectivity index (χ1n) is 4.75. The normalized spacial score (nSPS) is 13.6. The van der Waals surface area contributed by atoms with Gasteiger partial charge in [0.15, 0.2) is 0 Å². The van der Waals surface area contributed by atoms with E-state index < -0.39 is 11.6 Å². The smallest absolute Gasteiger partial charge is 0.323 e. The van der Waals surface area contributed by atoms with Crippen LogP contribution < -0.4 is 5.73 Å². The Balaban J connectivity index is 2.47. The van der Waals surface area contributed by atoms with Gasteiger partial charge in [-0.25, -0.2) is 4.98 Å². The Bertz CT molecular complexity index is 317. The lowest BCUT2D eigenvalue weighted by Crippen LogP contribution is -2.38. The molecular formula is C10H16N2O2S. The van der Waals surface area contributed by atoms with Crippen LogP contribution in [0.4, 0.5) is 0 Å². The number of thiazole rings is 1. The Morgan fingerprint density at radius 1 is 1.67 bits per heavy atom. The van der Waals surface area contributed by atoms with Gasteiger partial charge in [-0.3, -0.25) is 4.79 Å². The molecule has 1 unspecified atom stereocenters. The quantitative estimate of drug-likeness (QED) is 0.793. The maximum Gasteiger partial charge on any atom is 0.323 e. The highest BCUT2D eigenvalue weighted by Crippen LogP contribution is 2.11. The molecule has 0 aliphatic carbocycles. The fourth-order valence-electron chi connectivity index (χ4n) is 1.00. The Hall–Kier alpha value is -0.940. The molecule has 4 nitrogen and oxygen atoms in total. The van der Waals surface area contributed by atoms with Crippen molar-refractivity contribution in [3.8, 4) is 0 Å². The van der Waals surface area contributed by atoms with Crippen LogP contribution in [0.5, 0.6) is 0 Å². The van der Waals surface area contributed by atoms with Gasteiger partial charge in [0.1, 0.15) is 11.6 Å². The summed E-state index contributed by atoms with van der Waals surface area (Å²) < 4.78 is 5.16. The van der Waals surface area contributed by atoms with Gasteiger partial charge in [0.25, 0.3) is 0 Å². The number of rotatable bonds is 3. The maximum atomic E-state index is 11.5. The Labute approximate surface area is 93.5 Å². The number of carbonyl (C=O) groups is 1. The molecule has 0 aliphatic rings. The molecule has 5 heteroatoms. The predicted octanol–water partition coefficient (Wildman–Crippen LogP) is 1.35. The van der Waals surface area contributed by atoms with Crippen molar-refractivity contribution >= 4 is 17.3 Å². The van der Waals surface area contributed by atoms with Gasteiger partial charge >= 0.3 is 5.97 Å². The monoisotopic (exact) mass is 228 g/mol. The second kappa shape index (κ2) is 4.72. The van der Waals surface area contributed by atoms with Crippen molar-refractivity contribution in [2.24, 2.45) is 5.73 Å². The second-order valence-corrected chi connectivity index (χ2v) is 5.25. The van der Waals surface area contributed by atoms with Gasteiger partial charge in [0, 0.05) is 18.0 Å². The van der Waals surface area contributed by atoms with Crippen molar-refractivity contribution < 1.29 is 9.53 Å². The van der Waals surface area contributed by atoms with E-state index in [2.05, 4.69) is 4.98 Å². The Kier molecular flexibility index (Phi) is 3.82. The minimum absolute atomic E-state index is 0.377. The third-order valence-electron chi connectivity index (χ3n) is 1.59. The van der Waals surface area contributed by atoms with Crippen LogP contribution in [-0.2, 0) is 16.0 Å². The van der Waals surface area contributed by atoms with E-state index in [0.29, 0.717) is 6.42 Å². The minimum atomic E-state index is -0.629. The maximum absolute atomic E-state index is 11.5. The van der Waals surface area contributed by atoms with Crippen molar-refractivity contribution in [1.82, 2.24) is 4.98 Å². The van der Waals surface area contributed by atoms with Gasteiger partial charge in [-0.05, 0) is 20.8 Å². The van der Waals surface area contributed by atoms with Crippen molar-refractivity contribution in [2.75, 3.05) is 0 Å². The van der Waals surface area contributed by atoms with Crippen LogP contribution >= 0.6 is 11.3 Å². The number of nitrogens with two attached hydrogens (primary N) is 1. The summed E-state index contributed by atoms with van der Waals surface area (Å²) in [5, 5.41) is 2.71. The van der Waals surface area contributed by atoms with Gasteiger partial charge in [-0.1, -0.05) is 0 Å². The standard InChI is InChI=1S/C10H16N2O2S/c1-10(2,3)14-9(13)7(11)6-8-12-4-5-15-8/h4-5,7H,6,11H2,1-3H3. The number of aromatic nitrogens is 1. The highest BCUT2D eigenvalue weighted by molar-refractivity contribution is 7.09. The molecule has 0 saturated heterocycles. The highest BCUT2D eigenvalue weighted by Gasteiger charge is 2.22. The third kappa shape index (κ3) is 4.40. The summed E-state index contributed by atoms with van der Waals surface area (Å²) in [5.74, 6) is -0.377. The molecule has 84 valence electrons. The third-order valence-corrected chi connectivity index (χ3v) is 2.39. The Morgan fingerprint density at radius 2 is 2.33 bits per heavy atom. The number of ether oxygens (including phenoxy) is 1. The van der Waals surface area contributed by atoms with E-state index in [1.54, 1.807) is 6.20 Å². The van der Waals surface area contributed by atoms with Crippen molar-refractivity contribution in [3.05, 3.63) is 16.6 Å². The van der Waals surface area contributed by atoms with Crippen LogP contribution in [0.15, 0.2) is 11.6 Å². The van der Waals surface area contributed by atoms with E-state index in [4.69, 9.17) is 10.5 Å². The summed E-state index contributed by atoms with van der Waals surface area (Å²) in [7, 11) is 0. The van der Waals surface area contributed by atoms with Gasteiger partial charge < -0.3 is 10.5 Å². The summed E-state index contributed by atoms with van der Waals surface area (Å²) in [6, 6.07) is -0.629. The molecule has 1 heterocycles. The SMILES string of the molecule is CC(C)(C)OC(=O)C(N)Cc1nccs1. The minimum Gasteiger partial charge on any atom is -0.459 e. The van der Waals surface area contributed by atoms with E-state index in [9.17, 15) is 4.79 Å². The van der Waals surface area contributed by atoms with Gasteiger partial charge in [0.2, 0.25) is 0 Å². The fraction of sp³-hybridized carbons (Fsp3) is 0.600. The topological polar surface area (TPSA) is 65.2 Å². The fourth-order valence-corrected chi connectivity index (χ4v) is 1.68. The molecule has 0 bridgehead atoms. The zero-order valence-corrected chi connectivity index (χ0v) is 10.0.